The van der Waals surface area contributed by atoms with Crippen molar-refractivity contribution in [2.45, 2.75) is 57.0 Å². The highest BCUT2D eigenvalue weighted by Crippen LogP contribution is 2.49. The maximum absolute atomic E-state index is 14.3. The average Bonchev–Trinajstić information content (AvgIpc) is 3.43. The summed E-state index contributed by atoms with van der Waals surface area (Å²) in [6, 6.07) is 8.57. The highest BCUT2D eigenvalue weighted by molar-refractivity contribution is 6.34. The SMILES string of the molecule is CC(C)c1cc(C2=NOC(c3cc(Cl)cc(Cl)c3)(C(F)(F)F)C2)ccc1C(=O)NC1CCCO1. The van der Waals surface area contributed by atoms with Crippen molar-refractivity contribution < 1.29 is 27.5 Å². The van der Waals surface area contributed by atoms with Crippen molar-refractivity contribution >= 4 is 34.8 Å². The molecule has 0 spiro atoms. The summed E-state index contributed by atoms with van der Waals surface area (Å²) < 4.78 is 48.3. The molecule has 2 aliphatic heterocycles. The highest BCUT2D eigenvalue weighted by Gasteiger charge is 2.62. The molecule has 2 unspecified atom stereocenters. The zero-order valence-electron chi connectivity index (χ0n) is 18.5. The van der Waals surface area contributed by atoms with E-state index in [0.29, 0.717) is 23.3 Å². The monoisotopic (exact) mass is 514 g/mol. The van der Waals surface area contributed by atoms with Gasteiger partial charge >= 0.3 is 6.18 Å². The van der Waals surface area contributed by atoms with E-state index in [1.807, 2.05) is 13.8 Å². The van der Waals surface area contributed by atoms with Crippen LogP contribution in [0, 0.1) is 0 Å². The summed E-state index contributed by atoms with van der Waals surface area (Å²) in [6.07, 6.45) is -4.07. The fourth-order valence-corrected chi connectivity index (χ4v) is 4.71. The minimum absolute atomic E-state index is 0.0619. The van der Waals surface area contributed by atoms with E-state index in [0.717, 1.165) is 12.8 Å². The Balaban J connectivity index is 1.65. The predicted molar refractivity (Wildman–Crippen MR) is 123 cm³/mol. The third kappa shape index (κ3) is 4.76. The van der Waals surface area contributed by atoms with Gasteiger partial charge in [0.25, 0.3) is 11.5 Å². The molecule has 5 nitrogen and oxygen atoms in total. The number of hydrogen-bond acceptors (Lipinski definition) is 4. The van der Waals surface area contributed by atoms with E-state index in [2.05, 4.69) is 10.5 Å². The smallest absolute Gasteiger partial charge is 0.374 e. The molecule has 2 aromatic rings. The number of alkyl halides is 3. The van der Waals surface area contributed by atoms with Crippen LogP contribution in [0.3, 0.4) is 0 Å². The topological polar surface area (TPSA) is 59.9 Å². The Morgan fingerprint density at radius 1 is 1.18 bits per heavy atom. The molecule has 4 rings (SSSR count). The lowest BCUT2D eigenvalue weighted by Crippen LogP contribution is -2.42. The summed E-state index contributed by atoms with van der Waals surface area (Å²) in [5.74, 6) is -0.350. The van der Waals surface area contributed by atoms with Crippen LogP contribution < -0.4 is 5.32 Å². The number of ether oxygens (including phenoxy) is 1. The molecular weight excluding hydrogens is 492 g/mol. The summed E-state index contributed by atoms with van der Waals surface area (Å²) in [4.78, 5) is 17.9. The van der Waals surface area contributed by atoms with Gasteiger partial charge in [0, 0.05) is 34.2 Å². The highest BCUT2D eigenvalue weighted by atomic mass is 35.5. The number of benzene rings is 2. The molecule has 0 aromatic heterocycles. The van der Waals surface area contributed by atoms with Gasteiger partial charge in [-0.3, -0.25) is 4.79 Å². The number of oxime groups is 1. The van der Waals surface area contributed by atoms with Gasteiger partial charge in [-0.2, -0.15) is 13.2 Å². The van der Waals surface area contributed by atoms with Gasteiger partial charge in [-0.15, -0.1) is 0 Å². The van der Waals surface area contributed by atoms with Crippen LogP contribution >= 0.6 is 23.2 Å². The molecule has 2 atom stereocenters. The molecule has 182 valence electrons. The number of rotatable bonds is 5. The molecule has 0 radical (unpaired) electrons. The molecule has 1 amide bonds. The molecule has 34 heavy (non-hydrogen) atoms. The zero-order chi connectivity index (χ0) is 24.7. The molecule has 1 fully saturated rings. The van der Waals surface area contributed by atoms with Crippen LogP contribution in [0.5, 0.6) is 0 Å². The van der Waals surface area contributed by atoms with Crippen molar-refractivity contribution in [1.82, 2.24) is 5.32 Å². The number of nitrogens with zero attached hydrogens (tertiary/aromatic N) is 1. The van der Waals surface area contributed by atoms with Crippen LogP contribution in [0.4, 0.5) is 13.2 Å². The fraction of sp³-hybridized carbons (Fsp3) is 0.417. The molecule has 10 heteroatoms. The molecule has 0 aliphatic carbocycles. The quantitative estimate of drug-likeness (QED) is 0.491. The first-order valence-corrected chi connectivity index (χ1v) is 11.6. The standard InChI is InChI=1S/C24H23Cl2F3N2O3/c1-13(2)19-8-14(5-6-18(19)22(32)30-21-4-3-7-33-21)20-12-23(34-31-20,24(27,28)29)15-9-16(25)11-17(26)10-15/h5-6,8-11,13,21H,3-4,7,12H2,1-2H3,(H,30,32). The van der Waals surface area contributed by atoms with Gasteiger partial charge < -0.3 is 14.9 Å². The number of nitrogens with one attached hydrogen (secondary N) is 1. The predicted octanol–water partition coefficient (Wildman–Crippen LogP) is 6.57. The first-order valence-electron chi connectivity index (χ1n) is 10.9. The number of carbonyl (C=O) groups excluding carboxylic acids is 1. The first-order chi connectivity index (χ1) is 16.0. The molecule has 0 bridgehead atoms. The third-order valence-corrected chi connectivity index (χ3v) is 6.42. The lowest BCUT2D eigenvalue weighted by Gasteiger charge is -2.29. The molecule has 1 N–H and O–H groups in total. The van der Waals surface area contributed by atoms with E-state index >= 15 is 0 Å². The largest absolute Gasteiger partial charge is 0.435 e. The van der Waals surface area contributed by atoms with Gasteiger partial charge in [-0.05, 0) is 60.2 Å². The Kier molecular flexibility index (Phi) is 6.86. The Labute approximate surface area is 205 Å². The second-order valence-electron chi connectivity index (χ2n) is 8.72. The summed E-state index contributed by atoms with van der Waals surface area (Å²) in [6.45, 7) is 4.41. The third-order valence-electron chi connectivity index (χ3n) is 5.99. The van der Waals surface area contributed by atoms with E-state index in [1.165, 1.54) is 18.2 Å². The van der Waals surface area contributed by atoms with E-state index in [-0.39, 0.29) is 39.4 Å². The van der Waals surface area contributed by atoms with E-state index in [9.17, 15) is 18.0 Å². The van der Waals surface area contributed by atoms with Crippen LogP contribution in [-0.2, 0) is 15.2 Å². The maximum atomic E-state index is 14.3. The zero-order valence-corrected chi connectivity index (χ0v) is 20.0. The number of amides is 1. The lowest BCUT2D eigenvalue weighted by atomic mass is 9.85. The van der Waals surface area contributed by atoms with Crippen LogP contribution in [0.2, 0.25) is 10.0 Å². The van der Waals surface area contributed by atoms with E-state index < -0.39 is 18.2 Å². The molecule has 1 saturated heterocycles. The fourth-order valence-electron chi connectivity index (χ4n) is 4.19. The van der Waals surface area contributed by atoms with Crippen molar-refractivity contribution in [3.05, 3.63) is 68.7 Å². The molecule has 2 aromatic carbocycles. The minimum atomic E-state index is -4.78. The van der Waals surface area contributed by atoms with Crippen molar-refractivity contribution in [1.29, 1.82) is 0 Å². The Morgan fingerprint density at radius 3 is 2.47 bits per heavy atom. The summed E-state index contributed by atoms with van der Waals surface area (Å²) in [7, 11) is 0. The average molecular weight is 515 g/mol. The van der Waals surface area contributed by atoms with Crippen molar-refractivity contribution in [3.63, 3.8) is 0 Å². The van der Waals surface area contributed by atoms with E-state index in [1.54, 1.807) is 18.2 Å². The van der Waals surface area contributed by atoms with Gasteiger partial charge in [-0.1, -0.05) is 48.3 Å². The summed E-state index contributed by atoms with van der Waals surface area (Å²) in [5.41, 5.74) is -1.26. The summed E-state index contributed by atoms with van der Waals surface area (Å²) in [5, 5.41) is 6.79. The van der Waals surface area contributed by atoms with Gasteiger partial charge in [0.15, 0.2) is 0 Å². The molecular formula is C24H23Cl2F3N2O3. The normalized spacial score (nSPS) is 22.6. The van der Waals surface area contributed by atoms with Gasteiger partial charge in [0.05, 0.1) is 5.71 Å². The van der Waals surface area contributed by atoms with Crippen molar-refractivity contribution in [2.24, 2.45) is 5.16 Å². The first kappa shape index (κ1) is 24.8. The van der Waals surface area contributed by atoms with Gasteiger partial charge in [0.2, 0.25) is 0 Å². The lowest BCUT2D eigenvalue weighted by molar-refractivity contribution is -0.275. The Morgan fingerprint density at radius 2 is 1.88 bits per heavy atom. The minimum Gasteiger partial charge on any atom is -0.374 e. The number of carbonyl (C=O) groups is 1. The maximum Gasteiger partial charge on any atom is 0.435 e. The Bertz CT molecular complexity index is 1110. The number of halogens is 5. The van der Waals surface area contributed by atoms with Crippen LogP contribution in [0.1, 0.15) is 66.1 Å². The molecule has 2 heterocycles. The number of hydrogen-bond donors (Lipinski definition) is 1. The Hall–Kier alpha value is -2.29. The summed E-state index contributed by atoms with van der Waals surface area (Å²) >= 11 is 11.9. The molecule has 0 saturated carbocycles. The van der Waals surface area contributed by atoms with Crippen molar-refractivity contribution in [3.8, 4) is 0 Å². The van der Waals surface area contributed by atoms with Crippen LogP contribution in [0.25, 0.3) is 0 Å². The second-order valence-corrected chi connectivity index (χ2v) is 9.59. The van der Waals surface area contributed by atoms with Gasteiger partial charge in [-0.25, -0.2) is 0 Å². The van der Waals surface area contributed by atoms with Crippen molar-refractivity contribution in [2.75, 3.05) is 6.61 Å². The van der Waals surface area contributed by atoms with E-state index in [4.69, 9.17) is 32.8 Å². The van der Waals surface area contributed by atoms with Crippen LogP contribution in [0.15, 0.2) is 41.6 Å². The van der Waals surface area contributed by atoms with Crippen LogP contribution in [-0.4, -0.2) is 30.6 Å². The second kappa shape index (κ2) is 9.40. The van der Waals surface area contributed by atoms with Gasteiger partial charge in [0.1, 0.15) is 6.23 Å². The molecule has 2 aliphatic rings.